The van der Waals surface area contributed by atoms with Crippen molar-refractivity contribution in [1.82, 2.24) is 16.0 Å². The van der Waals surface area contributed by atoms with Crippen molar-refractivity contribution >= 4 is 6.03 Å². The van der Waals surface area contributed by atoms with Gasteiger partial charge in [-0.15, -0.1) is 0 Å². The average molecular weight is 315 g/mol. The Hall–Kier alpha value is -1.55. The lowest BCUT2D eigenvalue weighted by Gasteiger charge is -2.46. The van der Waals surface area contributed by atoms with Crippen LogP contribution in [0, 0.1) is 0 Å². The third kappa shape index (κ3) is 4.25. The van der Waals surface area contributed by atoms with Crippen molar-refractivity contribution in [3.05, 3.63) is 35.9 Å². The minimum Gasteiger partial charge on any atom is -0.335 e. The second-order valence-corrected chi connectivity index (χ2v) is 8.48. The maximum Gasteiger partial charge on any atom is 0.315 e. The van der Waals surface area contributed by atoms with E-state index in [1.807, 2.05) is 6.07 Å². The molecule has 0 spiro atoms. The normalized spacial score (nSPS) is 28.9. The van der Waals surface area contributed by atoms with Gasteiger partial charge < -0.3 is 16.0 Å². The molecule has 2 fully saturated rings. The van der Waals surface area contributed by atoms with Gasteiger partial charge in [0, 0.05) is 29.1 Å². The Balaban J connectivity index is 1.51. The zero-order valence-electron chi connectivity index (χ0n) is 14.6. The fraction of sp³-hybridized carbons (Fsp3) is 0.632. The molecule has 3 rings (SSSR count). The molecule has 3 N–H and O–H groups in total. The van der Waals surface area contributed by atoms with E-state index in [-0.39, 0.29) is 29.2 Å². The molecule has 4 heteroatoms. The summed E-state index contributed by atoms with van der Waals surface area (Å²) < 4.78 is 0. The summed E-state index contributed by atoms with van der Waals surface area (Å²) in [5.74, 6) is 0.475. The van der Waals surface area contributed by atoms with Gasteiger partial charge >= 0.3 is 6.03 Å². The van der Waals surface area contributed by atoms with Gasteiger partial charge in [0.1, 0.15) is 0 Å². The number of rotatable bonds is 3. The van der Waals surface area contributed by atoms with Gasteiger partial charge in [-0.2, -0.15) is 0 Å². The fourth-order valence-electron chi connectivity index (χ4n) is 4.24. The van der Waals surface area contributed by atoms with E-state index in [4.69, 9.17) is 0 Å². The predicted octanol–water partition coefficient (Wildman–Crippen LogP) is 3.15. The monoisotopic (exact) mass is 315 g/mol. The molecular formula is C19H29N3O. The standard InChI is InChI=1S/C19H29N3O/c1-18(2)11-14(12-19(3,4)22-18)20-17(23)21-16-10-15(16)13-8-6-5-7-9-13/h5-9,14-16,22H,10-12H2,1-4H3,(H2,20,21,23). The molecule has 2 aliphatic rings. The van der Waals surface area contributed by atoms with E-state index in [2.05, 4.69) is 67.9 Å². The lowest BCUT2D eigenvalue weighted by Crippen LogP contribution is -2.62. The Labute approximate surface area is 139 Å². The molecule has 2 atom stereocenters. The molecule has 0 bridgehead atoms. The molecule has 1 aromatic rings. The second kappa shape index (κ2) is 5.82. The van der Waals surface area contributed by atoms with Gasteiger partial charge in [0.05, 0.1) is 0 Å². The van der Waals surface area contributed by atoms with Crippen molar-refractivity contribution in [2.24, 2.45) is 0 Å². The number of amides is 2. The maximum absolute atomic E-state index is 12.3. The quantitative estimate of drug-likeness (QED) is 0.802. The van der Waals surface area contributed by atoms with Crippen LogP contribution in [0.3, 0.4) is 0 Å². The molecule has 2 unspecified atom stereocenters. The summed E-state index contributed by atoms with van der Waals surface area (Å²) in [4.78, 5) is 12.3. The van der Waals surface area contributed by atoms with Crippen molar-refractivity contribution in [3.63, 3.8) is 0 Å². The van der Waals surface area contributed by atoms with Crippen molar-refractivity contribution in [2.75, 3.05) is 0 Å². The van der Waals surface area contributed by atoms with Crippen LogP contribution in [0.4, 0.5) is 4.79 Å². The van der Waals surface area contributed by atoms with Crippen LogP contribution in [0.25, 0.3) is 0 Å². The minimum absolute atomic E-state index is 0.0214. The van der Waals surface area contributed by atoms with Crippen molar-refractivity contribution in [2.45, 2.75) is 76.0 Å². The van der Waals surface area contributed by atoms with E-state index >= 15 is 0 Å². The van der Waals surface area contributed by atoms with Gasteiger partial charge in [-0.05, 0) is 52.5 Å². The van der Waals surface area contributed by atoms with Crippen LogP contribution >= 0.6 is 0 Å². The highest BCUT2D eigenvalue weighted by atomic mass is 16.2. The lowest BCUT2D eigenvalue weighted by molar-refractivity contribution is 0.147. The van der Waals surface area contributed by atoms with E-state index in [1.54, 1.807) is 0 Å². The highest BCUT2D eigenvalue weighted by Crippen LogP contribution is 2.40. The first-order valence-electron chi connectivity index (χ1n) is 8.65. The number of piperidine rings is 1. The van der Waals surface area contributed by atoms with Gasteiger partial charge in [0.25, 0.3) is 0 Å². The SMILES string of the molecule is CC1(C)CC(NC(=O)NC2CC2c2ccccc2)CC(C)(C)N1. The molecule has 1 saturated carbocycles. The van der Waals surface area contributed by atoms with Crippen LogP contribution in [0.2, 0.25) is 0 Å². The van der Waals surface area contributed by atoms with Crippen LogP contribution < -0.4 is 16.0 Å². The molecule has 2 amide bonds. The number of nitrogens with one attached hydrogen (secondary N) is 3. The smallest absolute Gasteiger partial charge is 0.315 e. The van der Waals surface area contributed by atoms with Crippen molar-refractivity contribution in [3.8, 4) is 0 Å². The van der Waals surface area contributed by atoms with Gasteiger partial charge in [0.2, 0.25) is 0 Å². The van der Waals surface area contributed by atoms with E-state index in [0.717, 1.165) is 19.3 Å². The van der Waals surface area contributed by atoms with Gasteiger partial charge in [-0.1, -0.05) is 30.3 Å². The van der Waals surface area contributed by atoms with Crippen molar-refractivity contribution in [1.29, 1.82) is 0 Å². The van der Waals surface area contributed by atoms with Crippen LogP contribution in [-0.4, -0.2) is 29.2 Å². The lowest BCUT2D eigenvalue weighted by atomic mass is 9.80. The number of hydrogen-bond acceptors (Lipinski definition) is 2. The Morgan fingerprint density at radius 3 is 2.26 bits per heavy atom. The minimum atomic E-state index is -0.0214. The van der Waals surface area contributed by atoms with Gasteiger partial charge in [-0.3, -0.25) is 0 Å². The average Bonchev–Trinajstić information content (AvgIpc) is 3.14. The molecule has 1 aliphatic carbocycles. The molecule has 4 nitrogen and oxygen atoms in total. The van der Waals surface area contributed by atoms with Gasteiger partial charge in [-0.25, -0.2) is 4.79 Å². The van der Waals surface area contributed by atoms with Crippen LogP contribution in [-0.2, 0) is 0 Å². The molecule has 23 heavy (non-hydrogen) atoms. The first-order valence-corrected chi connectivity index (χ1v) is 8.65. The summed E-state index contributed by atoms with van der Waals surface area (Å²) in [6.07, 6.45) is 2.95. The second-order valence-electron chi connectivity index (χ2n) is 8.48. The van der Waals surface area contributed by atoms with E-state index in [9.17, 15) is 4.79 Å². The number of urea groups is 1. The highest BCUT2D eigenvalue weighted by molar-refractivity contribution is 5.75. The van der Waals surface area contributed by atoms with Crippen LogP contribution in [0.15, 0.2) is 30.3 Å². The molecule has 1 saturated heterocycles. The number of carbonyl (C=O) groups is 1. The Kier molecular flexibility index (Phi) is 4.13. The summed E-state index contributed by atoms with van der Waals surface area (Å²) in [7, 11) is 0. The zero-order chi connectivity index (χ0) is 16.7. The number of carbonyl (C=O) groups excluding carboxylic acids is 1. The summed E-state index contributed by atoms with van der Waals surface area (Å²) in [5.41, 5.74) is 1.42. The third-order valence-electron chi connectivity index (χ3n) is 4.86. The van der Waals surface area contributed by atoms with E-state index < -0.39 is 0 Å². The topological polar surface area (TPSA) is 53.2 Å². The Bertz CT molecular complexity index is 551. The molecule has 0 radical (unpaired) electrons. The zero-order valence-corrected chi connectivity index (χ0v) is 14.6. The number of benzene rings is 1. The first kappa shape index (κ1) is 16.3. The highest BCUT2D eigenvalue weighted by Gasteiger charge is 2.41. The van der Waals surface area contributed by atoms with E-state index in [1.165, 1.54) is 5.56 Å². The predicted molar refractivity (Wildman–Crippen MR) is 93.6 cm³/mol. The van der Waals surface area contributed by atoms with Crippen LogP contribution in [0.1, 0.15) is 58.4 Å². The molecular weight excluding hydrogens is 286 g/mol. The molecule has 1 aliphatic heterocycles. The van der Waals surface area contributed by atoms with Crippen LogP contribution in [0.5, 0.6) is 0 Å². The maximum atomic E-state index is 12.3. The summed E-state index contributed by atoms with van der Waals surface area (Å²) in [5, 5.41) is 9.96. The van der Waals surface area contributed by atoms with Gasteiger partial charge in [0.15, 0.2) is 0 Å². The summed E-state index contributed by atoms with van der Waals surface area (Å²) >= 11 is 0. The fourth-order valence-corrected chi connectivity index (χ4v) is 4.24. The summed E-state index contributed by atoms with van der Waals surface area (Å²) in [6.45, 7) is 8.80. The Morgan fingerprint density at radius 2 is 1.65 bits per heavy atom. The Morgan fingerprint density at radius 1 is 1.04 bits per heavy atom. The molecule has 1 heterocycles. The molecule has 126 valence electrons. The third-order valence-corrected chi connectivity index (χ3v) is 4.86. The molecule has 0 aromatic heterocycles. The largest absolute Gasteiger partial charge is 0.335 e. The summed E-state index contributed by atoms with van der Waals surface area (Å²) in [6, 6.07) is 10.9. The van der Waals surface area contributed by atoms with Crippen molar-refractivity contribution < 1.29 is 4.79 Å². The molecule has 1 aromatic carbocycles. The number of hydrogen-bond donors (Lipinski definition) is 3. The van der Waals surface area contributed by atoms with E-state index in [0.29, 0.717) is 5.92 Å². The first-order chi connectivity index (χ1) is 10.7.